The normalized spacial score (nSPS) is 33.2. The van der Waals surface area contributed by atoms with E-state index in [1.807, 2.05) is 0 Å². The highest BCUT2D eigenvalue weighted by Crippen LogP contribution is 2.48. The maximum absolute atomic E-state index is 5.68. The minimum Gasteiger partial charge on any atom is -0.454 e. The fourth-order valence-corrected chi connectivity index (χ4v) is 6.20. The Morgan fingerprint density at radius 2 is 1.82 bits per heavy atom. The Morgan fingerprint density at radius 3 is 2.68 bits per heavy atom. The molecule has 5 aliphatic rings. The topological polar surface area (TPSA) is 24.9 Å². The van der Waals surface area contributed by atoms with E-state index in [-0.39, 0.29) is 0 Å². The van der Waals surface area contributed by atoms with E-state index in [0.717, 1.165) is 30.5 Å². The molecule has 0 unspecified atom stereocenters. The van der Waals surface area contributed by atoms with Gasteiger partial charge in [-0.1, -0.05) is 35.9 Å². The smallest absolute Gasteiger partial charge is 0.231 e. The van der Waals surface area contributed by atoms with E-state index < -0.39 is 0 Å². The lowest BCUT2D eigenvalue weighted by atomic mass is 9.75. The van der Waals surface area contributed by atoms with Gasteiger partial charge < -0.3 is 9.47 Å². The van der Waals surface area contributed by atoms with E-state index in [9.17, 15) is 0 Å². The third-order valence-corrected chi connectivity index (χ3v) is 7.39. The van der Waals surface area contributed by atoms with Gasteiger partial charge >= 0.3 is 0 Å². The van der Waals surface area contributed by atoms with E-state index in [0.29, 0.717) is 24.8 Å². The molecule has 0 amide bonds. The molecule has 0 N–H and O–H groups in total. The van der Waals surface area contributed by atoms with E-state index in [2.05, 4.69) is 59.2 Å². The lowest BCUT2D eigenvalue weighted by Gasteiger charge is -2.51. The average molecular weight is 377 g/mol. The molecule has 2 bridgehead atoms. The predicted octanol–water partition coefficient (Wildman–Crippen LogP) is 3.79. The Morgan fingerprint density at radius 1 is 0.964 bits per heavy atom. The highest BCUT2D eigenvalue weighted by molar-refractivity contribution is 5.46. The Bertz CT molecular complexity index is 890. The first-order valence-corrected chi connectivity index (χ1v) is 10.7. The molecular weight excluding hydrogens is 348 g/mol. The van der Waals surface area contributed by atoms with Crippen molar-refractivity contribution in [3.63, 3.8) is 0 Å². The van der Waals surface area contributed by atoms with Crippen LogP contribution in [0.1, 0.15) is 35.4 Å². The fraction of sp³-hybridized carbons (Fsp3) is 0.500. The van der Waals surface area contributed by atoms with Crippen molar-refractivity contribution in [3.05, 3.63) is 59.2 Å². The second kappa shape index (κ2) is 6.50. The minimum absolute atomic E-state index is 0.350. The molecule has 4 heteroatoms. The van der Waals surface area contributed by atoms with Gasteiger partial charge in [0.25, 0.3) is 0 Å². The van der Waals surface area contributed by atoms with Crippen molar-refractivity contribution >= 4 is 0 Å². The quantitative estimate of drug-likeness (QED) is 0.814. The van der Waals surface area contributed by atoms with Gasteiger partial charge in [0.1, 0.15) is 0 Å². The van der Waals surface area contributed by atoms with E-state index >= 15 is 0 Å². The van der Waals surface area contributed by atoms with Crippen molar-refractivity contribution in [1.82, 2.24) is 9.80 Å². The number of ether oxygens (including phenoxy) is 2. The molecule has 2 aromatic carbocycles. The number of hydrogen-bond donors (Lipinski definition) is 0. The minimum atomic E-state index is 0.350. The monoisotopic (exact) mass is 376 g/mol. The van der Waals surface area contributed by atoms with Crippen LogP contribution in [0.5, 0.6) is 11.5 Å². The molecule has 4 saturated heterocycles. The van der Waals surface area contributed by atoms with Crippen molar-refractivity contribution in [3.8, 4) is 11.5 Å². The first-order valence-electron chi connectivity index (χ1n) is 10.7. The number of hydrogen-bond acceptors (Lipinski definition) is 4. The molecule has 2 aromatic rings. The second-order valence-corrected chi connectivity index (χ2v) is 8.99. The summed E-state index contributed by atoms with van der Waals surface area (Å²) in [4.78, 5) is 5.56. The summed E-state index contributed by atoms with van der Waals surface area (Å²) < 4.78 is 11.2. The molecule has 0 aliphatic carbocycles. The largest absolute Gasteiger partial charge is 0.454 e. The maximum Gasteiger partial charge on any atom is 0.231 e. The molecule has 28 heavy (non-hydrogen) atoms. The number of fused-ring (bicyclic) bond motifs is 3. The van der Waals surface area contributed by atoms with Crippen molar-refractivity contribution in [2.75, 3.05) is 26.4 Å². The van der Waals surface area contributed by atoms with Crippen LogP contribution in [0, 0.1) is 12.8 Å². The van der Waals surface area contributed by atoms with Crippen LogP contribution in [0.2, 0.25) is 0 Å². The van der Waals surface area contributed by atoms with Crippen molar-refractivity contribution in [2.45, 2.75) is 44.3 Å². The Balaban J connectivity index is 1.34. The molecular formula is C24H28N2O2. The molecule has 4 fully saturated rings. The first-order chi connectivity index (χ1) is 13.8. The van der Waals surface area contributed by atoms with Crippen molar-refractivity contribution in [2.24, 2.45) is 5.92 Å². The number of likely N-dealkylation sites (tertiary alicyclic amines) is 1. The van der Waals surface area contributed by atoms with E-state index in [1.54, 1.807) is 0 Å². The van der Waals surface area contributed by atoms with Gasteiger partial charge in [-0.3, -0.25) is 9.80 Å². The molecule has 0 saturated carbocycles. The number of benzene rings is 2. The van der Waals surface area contributed by atoms with Gasteiger partial charge in [-0.25, -0.2) is 0 Å². The standard InChI is InChI=1S/C24H28N2O2/c1-16-3-2-4-17(11-16)13-26-14-20(19-5-6-21-22(12-19)28-15-27-21)24-23(26)18-7-9-25(24)10-8-18/h2-6,11-12,18,20,23-24H,7-10,13-15H2,1H3/t20-,23+,24+/m0/s1. The van der Waals surface area contributed by atoms with Gasteiger partial charge in [0.05, 0.1) is 0 Å². The van der Waals surface area contributed by atoms with E-state index in [4.69, 9.17) is 9.47 Å². The second-order valence-electron chi connectivity index (χ2n) is 8.99. The summed E-state index contributed by atoms with van der Waals surface area (Å²) in [7, 11) is 0. The maximum atomic E-state index is 5.68. The summed E-state index contributed by atoms with van der Waals surface area (Å²) in [5.74, 6) is 3.20. The molecule has 0 radical (unpaired) electrons. The Kier molecular flexibility index (Phi) is 3.92. The lowest BCUT2D eigenvalue weighted by Crippen LogP contribution is -2.59. The van der Waals surface area contributed by atoms with Crippen molar-refractivity contribution in [1.29, 1.82) is 0 Å². The molecule has 0 spiro atoms. The van der Waals surface area contributed by atoms with Crippen LogP contribution in [0.25, 0.3) is 0 Å². The van der Waals surface area contributed by atoms with Gasteiger partial charge in [0, 0.05) is 31.1 Å². The van der Waals surface area contributed by atoms with Crippen LogP contribution in [0.3, 0.4) is 0 Å². The number of nitrogens with zero attached hydrogens (tertiary/aromatic N) is 2. The average Bonchev–Trinajstić information content (AvgIpc) is 3.34. The summed E-state index contributed by atoms with van der Waals surface area (Å²) in [6.45, 7) is 7.28. The van der Waals surface area contributed by atoms with Crippen molar-refractivity contribution < 1.29 is 9.47 Å². The molecule has 5 aliphatic heterocycles. The summed E-state index contributed by atoms with van der Waals surface area (Å²) in [5, 5.41) is 0. The first kappa shape index (κ1) is 16.9. The third kappa shape index (κ3) is 2.66. The van der Waals surface area contributed by atoms with Crippen LogP contribution < -0.4 is 9.47 Å². The van der Waals surface area contributed by atoms with Crippen LogP contribution in [-0.4, -0.2) is 48.3 Å². The lowest BCUT2D eigenvalue weighted by molar-refractivity contribution is -0.00869. The van der Waals surface area contributed by atoms with Crippen LogP contribution >= 0.6 is 0 Å². The highest BCUT2D eigenvalue weighted by Gasteiger charge is 2.53. The zero-order chi connectivity index (χ0) is 18.7. The molecule has 7 rings (SSSR count). The number of rotatable bonds is 3. The predicted molar refractivity (Wildman–Crippen MR) is 109 cm³/mol. The summed E-state index contributed by atoms with van der Waals surface area (Å²) in [6, 6.07) is 17.0. The molecule has 0 aromatic heterocycles. The zero-order valence-corrected chi connectivity index (χ0v) is 16.5. The van der Waals surface area contributed by atoms with Gasteiger partial charge in [0.2, 0.25) is 6.79 Å². The SMILES string of the molecule is Cc1cccc(CN2C[C@@H](c3ccc4c(c3)OCO4)[C@@H]3[C@H]2C2CCN3CC2)c1. The number of piperidine rings is 3. The van der Waals surface area contributed by atoms with Gasteiger partial charge in [-0.15, -0.1) is 0 Å². The third-order valence-electron chi connectivity index (χ3n) is 7.39. The molecule has 4 nitrogen and oxygen atoms in total. The summed E-state index contributed by atoms with van der Waals surface area (Å²) in [5.41, 5.74) is 4.22. The molecule has 3 atom stereocenters. The van der Waals surface area contributed by atoms with Crippen LogP contribution in [0.4, 0.5) is 0 Å². The van der Waals surface area contributed by atoms with Crippen LogP contribution in [0.15, 0.2) is 42.5 Å². The molecule has 146 valence electrons. The van der Waals surface area contributed by atoms with Gasteiger partial charge in [-0.05, 0) is 62.0 Å². The van der Waals surface area contributed by atoms with Gasteiger partial charge in [-0.2, -0.15) is 0 Å². The van der Waals surface area contributed by atoms with E-state index in [1.165, 1.54) is 42.6 Å². The Labute approximate surface area is 167 Å². The molecule has 5 heterocycles. The fourth-order valence-electron chi connectivity index (χ4n) is 6.20. The van der Waals surface area contributed by atoms with Crippen LogP contribution in [-0.2, 0) is 6.54 Å². The van der Waals surface area contributed by atoms with Gasteiger partial charge in [0.15, 0.2) is 11.5 Å². The number of aryl methyl sites for hydroxylation is 1. The highest BCUT2D eigenvalue weighted by atomic mass is 16.7. The summed E-state index contributed by atoms with van der Waals surface area (Å²) >= 11 is 0. The summed E-state index contributed by atoms with van der Waals surface area (Å²) in [6.07, 6.45) is 2.72. The zero-order valence-electron chi connectivity index (χ0n) is 16.5. The Hall–Kier alpha value is -2.04.